The molecule has 0 bridgehead atoms. The lowest BCUT2D eigenvalue weighted by Gasteiger charge is -2.14. The summed E-state index contributed by atoms with van der Waals surface area (Å²) in [5.41, 5.74) is 2.19. The van der Waals surface area contributed by atoms with Gasteiger partial charge in [-0.3, -0.25) is 4.21 Å². The molecule has 0 aliphatic heterocycles. The van der Waals surface area contributed by atoms with Gasteiger partial charge < -0.3 is 10.4 Å². The van der Waals surface area contributed by atoms with Crippen molar-refractivity contribution in [2.24, 2.45) is 5.92 Å². The van der Waals surface area contributed by atoms with Gasteiger partial charge in [0, 0.05) is 11.4 Å². The van der Waals surface area contributed by atoms with Crippen LogP contribution >= 0.6 is 0 Å². The van der Waals surface area contributed by atoms with Crippen LogP contribution in [0, 0.1) is 19.8 Å². The molecule has 1 aromatic rings. The fourth-order valence-electron chi connectivity index (χ4n) is 1.92. The molecule has 0 spiro atoms. The highest BCUT2D eigenvalue weighted by Crippen LogP contribution is 2.15. The fourth-order valence-corrected chi connectivity index (χ4v) is 3.20. The number of benzene rings is 1. The Morgan fingerprint density at radius 3 is 2.53 bits per heavy atom. The Morgan fingerprint density at radius 2 is 1.95 bits per heavy atom. The van der Waals surface area contributed by atoms with Crippen LogP contribution in [0.5, 0.6) is 0 Å². The van der Waals surface area contributed by atoms with Crippen LogP contribution in [0.4, 0.5) is 0 Å². The second kappa shape index (κ2) is 7.78. The van der Waals surface area contributed by atoms with Crippen molar-refractivity contribution in [3.8, 4) is 0 Å². The van der Waals surface area contributed by atoms with Gasteiger partial charge in [-0.05, 0) is 37.9 Å². The molecule has 4 heteroatoms. The predicted molar refractivity (Wildman–Crippen MR) is 80.9 cm³/mol. The topological polar surface area (TPSA) is 49.3 Å². The van der Waals surface area contributed by atoms with Crippen molar-refractivity contribution in [1.29, 1.82) is 0 Å². The molecule has 3 nitrogen and oxygen atoms in total. The second-order valence-corrected chi connectivity index (χ2v) is 6.95. The van der Waals surface area contributed by atoms with Crippen LogP contribution < -0.4 is 5.32 Å². The van der Waals surface area contributed by atoms with Crippen molar-refractivity contribution in [2.45, 2.75) is 38.7 Å². The van der Waals surface area contributed by atoms with Crippen LogP contribution in [0.1, 0.15) is 25.0 Å². The molecular formula is C15H25NO2S. The smallest absolute Gasteiger partial charge is 0.0783 e. The van der Waals surface area contributed by atoms with Gasteiger partial charge in [-0.1, -0.05) is 31.5 Å². The third kappa shape index (κ3) is 5.85. The summed E-state index contributed by atoms with van der Waals surface area (Å²) in [6.07, 6.45) is -0.569. The Bertz CT molecular complexity index is 432. The highest BCUT2D eigenvalue weighted by molar-refractivity contribution is 7.85. The maximum absolute atomic E-state index is 12.2. The van der Waals surface area contributed by atoms with Crippen molar-refractivity contribution >= 4 is 10.8 Å². The Morgan fingerprint density at radius 1 is 1.26 bits per heavy atom. The maximum Gasteiger partial charge on any atom is 0.0783 e. The molecule has 0 heterocycles. The Hall–Kier alpha value is -0.710. The zero-order chi connectivity index (χ0) is 14.4. The number of aliphatic hydroxyl groups excluding tert-OH is 1. The van der Waals surface area contributed by atoms with E-state index in [1.165, 1.54) is 0 Å². The SMILES string of the molecule is Cc1ccc(S(=O)CC(O)CNCC(C)C)c(C)c1. The molecule has 0 aliphatic carbocycles. The normalized spacial score (nSPS) is 14.6. The number of hydrogen-bond donors (Lipinski definition) is 2. The van der Waals surface area contributed by atoms with E-state index >= 15 is 0 Å². The third-order valence-electron chi connectivity index (χ3n) is 2.85. The van der Waals surface area contributed by atoms with E-state index in [9.17, 15) is 9.32 Å². The summed E-state index contributed by atoms with van der Waals surface area (Å²) < 4.78 is 12.2. The lowest BCUT2D eigenvalue weighted by atomic mass is 10.2. The van der Waals surface area contributed by atoms with Crippen LogP contribution in [-0.2, 0) is 10.8 Å². The van der Waals surface area contributed by atoms with Gasteiger partial charge in [0.25, 0.3) is 0 Å². The summed E-state index contributed by atoms with van der Waals surface area (Å²) in [6, 6.07) is 5.88. The van der Waals surface area contributed by atoms with Crippen molar-refractivity contribution in [3.63, 3.8) is 0 Å². The molecule has 2 N–H and O–H groups in total. The highest BCUT2D eigenvalue weighted by Gasteiger charge is 2.13. The predicted octanol–water partition coefficient (Wildman–Crippen LogP) is 2.02. The van der Waals surface area contributed by atoms with E-state index in [-0.39, 0.29) is 5.75 Å². The number of aliphatic hydroxyl groups is 1. The molecule has 0 amide bonds. The number of rotatable bonds is 7. The van der Waals surface area contributed by atoms with E-state index in [0.717, 1.165) is 22.6 Å². The van der Waals surface area contributed by atoms with Gasteiger partial charge in [-0.15, -0.1) is 0 Å². The van der Waals surface area contributed by atoms with Gasteiger partial charge in [-0.25, -0.2) is 0 Å². The summed E-state index contributed by atoms with van der Waals surface area (Å²) in [6.45, 7) is 9.58. The summed E-state index contributed by atoms with van der Waals surface area (Å²) in [5, 5.41) is 13.1. The summed E-state index contributed by atoms with van der Waals surface area (Å²) >= 11 is 0. The lowest BCUT2D eigenvalue weighted by Crippen LogP contribution is -2.33. The first kappa shape index (κ1) is 16.3. The van der Waals surface area contributed by atoms with Crippen LogP contribution in [0.3, 0.4) is 0 Å². The quantitative estimate of drug-likeness (QED) is 0.805. The second-order valence-electron chi connectivity index (χ2n) is 5.49. The molecule has 0 aromatic heterocycles. The summed E-state index contributed by atoms with van der Waals surface area (Å²) in [5.74, 6) is 0.840. The first-order chi connectivity index (χ1) is 8.90. The Labute approximate surface area is 118 Å². The van der Waals surface area contributed by atoms with Gasteiger partial charge in [-0.2, -0.15) is 0 Å². The zero-order valence-corrected chi connectivity index (χ0v) is 13.1. The minimum atomic E-state index is -1.14. The number of hydrogen-bond acceptors (Lipinski definition) is 3. The molecule has 2 atom stereocenters. The minimum Gasteiger partial charge on any atom is -0.391 e. The first-order valence-corrected chi connectivity index (χ1v) is 8.06. The van der Waals surface area contributed by atoms with Crippen molar-refractivity contribution in [1.82, 2.24) is 5.32 Å². The first-order valence-electron chi connectivity index (χ1n) is 6.74. The van der Waals surface area contributed by atoms with E-state index in [1.807, 2.05) is 32.0 Å². The van der Waals surface area contributed by atoms with E-state index in [2.05, 4.69) is 19.2 Å². The molecule has 1 aromatic carbocycles. The van der Waals surface area contributed by atoms with Gasteiger partial charge in [0.05, 0.1) is 22.7 Å². The average Bonchev–Trinajstić information content (AvgIpc) is 2.27. The Balaban J connectivity index is 2.50. The molecule has 108 valence electrons. The van der Waals surface area contributed by atoms with Gasteiger partial charge in [0.1, 0.15) is 0 Å². The fraction of sp³-hybridized carbons (Fsp3) is 0.600. The van der Waals surface area contributed by atoms with Gasteiger partial charge >= 0.3 is 0 Å². The summed E-state index contributed by atoms with van der Waals surface area (Å²) in [4.78, 5) is 0.827. The molecule has 2 unspecified atom stereocenters. The van der Waals surface area contributed by atoms with Crippen LogP contribution in [-0.4, -0.2) is 34.3 Å². The number of aryl methyl sites for hydroxylation is 2. The van der Waals surface area contributed by atoms with E-state index < -0.39 is 16.9 Å². The van der Waals surface area contributed by atoms with Gasteiger partial charge in [0.15, 0.2) is 0 Å². The van der Waals surface area contributed by atoms with Gasteiger partial charge in [0.2, 0.25) is 0 Å². The van der Waals surface area contributed by atoms with Crippen LogP contribution in [0.25, 0.3) is 0 Å². The summed E-state index contributed by atoms with van der Waals surface area (Å²) in [7, 11) is -1.14. The standard InChI is InChI=1S/C15H25NO2S/c1-11(2)8-16-9-14(17)10-19(18)15-6-5-12(3)7-13(15)4/h5-7,11,14,16-17H,8-10H2,1-4H3. The van der Waals surface area contributed by atoms with Crippen molar-refractivity contribution < 1.29 is 9.32 Å². The molecule has 1 rings (SSSR count). The van der Waals surface area contributed by atoms with E-state index in [4.69, 9.17) is 0 Å². The molecule has 0 aliphatic rings. The largest absolute Gasteiger partial charge is 0.391 e. The monoisotopic (exact) mass is 283 g/mol. The molecular weight excluding hydrogens is 258 g/mol. The number of nitrogens with one attached hydrogen (secondary N) is 1. The maximum atomic E-state index is 12.2. The molecule has 19 heavy (non-hydrogen) atoms. The minimum absolute atomic E-state index is 0.287. The van der Waals surface area contributed by atoms with Crippen LogP contribution in [0.2, 0.25) is 0 Å². The van der Waals surface area contributed by atoms with Crippen molar-refractivity contribution in [3.05, 3.63) is 29.3 Å². The molecule has 0 saturated carbocycles. The molecule has 0 radical (unpaired) electrons. The average molecular weight is 283 g/mol. The molecule has 0 saturated heterocycles. The van der Waals surface area contributed by atoms with Crippen LogP contribution in [0.15, 0.2) is 23.1 Å². The van der Waals surface area contributed by atoms with E-state index in [0.29, 0.717) is 12.5 Å². The van der Waals surface area contributed by atoms with Crippen molar-refractivity contribution in [2.75, 3.05) is 18.8 Å². The Kier molecular flexibility index (Phi) is 6.69. The lowest BCUT2D eigenvalue weighted by molar-refractivity contribution is 0.193. The third-order valence-corrected chi connectivity index (χ3v) is 4.49. The molecule has 0 fully saturated rings. The zero-order valence-electron chi connectivity index (χ0n) is 12.3. The highest BCUT2D eigenvalue weighted by atomic mass is 32.2. The van der Waals surface area contributed by atoms with E-state index in [1.54, 1.807) is 0 Å².